The number of hydrogen-bond donors (Lipinski definition) is 5. The smallest absolute Gasteiger partial charge is 0.407 e. The van der Waals surface area contributed by atoms with Gasteiger partial charge in [-0.3, -0.25) is 0 Å². The third-order valence-corrected chi connectivity index (χ3v) is 3.07. The minimum Gasteiger partial charge on any atom is -0.444 e. The summed E-state index contributed by atoms with van der Waals surface area (Å²) in [4.78, 5) is 22.3. The Labute approximate surface area is 132 Å². The Morgan fingerprint density at radius 1 is 1.43 bits per heavy atom. The van der Waals surface area contributed by atoms with E-state index in [0.29, 0.717) is 16.6 Å². The summed E-state index contributed by atoms with van der Waals surface area (Å²) in [5, 5.41) is 23.2. The number of aromatic nitrogens is 3. The van der Waals surface area contributed by atoms with Crippen molar-refractivity contribution in [2.75, 3.05) is 12.3 Å². The standard InChI is InChI=1S/C14H21N5O4/c1-14(2,3)23-13(22)17-5-8(20)10(21)7-4-16-12-9(7)11(15)18-6-19-12/h4,6,8,10,20-21H,5H2,1-3H3,(H,17,22)(H3,15,16,18,19). The van der Waals surface area contributed by atoms with Crippen LogP contribution in [0.1, 0.15) is 32.4 Å². The van der Waals surface area contributed by atoms with Crippen molar-refractivity contribution in [1.29, 1.82) is 0 Å². The van der Waals surface area contributed by atoms with Crippen molar-refractivity contribution in [3.8, 4) is 0 Å². The van der Waals surface area contributed by atoms with Crippen molar-refractivity contribution in [3.05, 3.63) is 18.1 Å². The number of hydrogen-bond acceptors (Lipinski definition) is 7. The van der Waals surface area contributed by atoms with Crippen molar-refractivity contribution in [3.63, 3.8) is 0 Å². The second-order valence-corrected chi connectivity index (χ2v) is 6.12. The first-order chi connectivity index (χ1) is 10.7. The van der Waals surface area contributed by atoms with Gasteiger partial charge in [-0.15, -0.1) is 0 Å². The fourth-order valence-corrected chi connectivity index (χ4v) is 2.07. The third kappa shape index (κ3) is 4.08. The molecule has 2 rings (SSSR count). The molecule has 0 spiro atoms. The Balaban J connectivity index is 2.04. The molecule has 9 heteroatoms. The van der Waals surface area contributed by atoms with Crippen LogP contribution in [-0.2, 0) is 4.74 Å². The third-order valence-electron chi connectivity index (χ3n) is 3.07. The maximum atomic E-state index is 11.6. The average molecular weight is 323 g/mol. The van der Waals surface area contributed by atoms with Crippen LogP contribution in [0.25, 0.3) is 11.0 Å². The van der Waals surface area contributed by atoms with Gasteiger partial charge in [0.2, 0.25) is 0 Å². The monoisotopic (exact) mass is 323 g/mol. The number of aliphatic hydroxyl groups is 2. The van der Waals surface area contributed by atoms with Crippen molar-refractivity contribution in [1.82, 2.24) is 20.3 Å². The number of carbonyl (C=O) groups is 1. The Hall–Kier alpha value is -2.39. The highest BCUT2D eigenvalue weighted by Crippen LogP contribution is 2.28. The molecule has 0 fully saturated rings. The van der Waals surface area contributed by atoms with Crippen molar-refractivity contribution in [2.24, 2.45) is 0 Å². The lowest BCUT2D eigenvalue weighted by molar-refractivity contribution is 0.0136. The number of nitrogen functional groups attached to an aromatic ring is 1. The molecule has 0 radical (unpaired) electrons. The van der Waals surface area contributed by atoms with E-state index < -0.39 is 23.9 Å². The van der Waals surface area contributed by atoms with Gasteiger partial charge in [-0.1, -0.05) is 0 Å². The lowest BCUT2D eigenvalue weighted by atomic mass is 10.0. The molecule has 0 saturated carbocycles. The molecule has 2 unspecified atom stereocenters. The molecule has 1 amide bonds. The largest absolute Gasteiger partial charge is 0.444 e. The average Bonchev–Trinajstić information content (AvgIpc) is 2.87. The van der Waals surface area contributed by atoms with Gasteiger partial charge in [-0.05, 0) is 20.8 Å². The number of carbonyl (C=O) groups excluding carboxylic acids is 1. The summed E-state index contributed by atoms with van der Waals surface area (Å²) in [6.07, 6.45) is -0.402. The molecule has 0 aliphatic carbocycles. The van der Waals surface area contributed by atoms with Crippen LogP contribution in [0.3, 0.4) is 0 Å². The summed E-state index contributed by atoms with van der Waals surface area (Å²) >= 11 is 0. The van der Waals surface area contributed by atoms with Crippen LogP contribution in [0.5, 0.6) is 0 Å². The minimum absolute atomic E-state index is 0.184. The fourth-order valence-electron chi connectivity index (χ4n) is 2.07. The number of nitrogens with zero attached hydrogens (tertiary/aromatic N) is 2. The van der Waals surface area contributed by atoms with Crippen molar-refractivity contribution >= 4 is 22.9 Å². The highest BCUT2D eigenvalue weighted by atomic mass is 16.6. The molecule has 0 bridgehead atoms. The number of anilines is 1. The number of aromatic amines is 1. The summed E-state index contributed by atoms with van der Waals surface area (Å²) in [6.45, 7) is 5.00. The van der Waals surface area contributed by atoms with Gasteiger partial charge in [-0.2, -0.15) is 0 Å². The van der Waals surface area contributed by atoms with Gasteiger partial charge in [0.1, 0.15) is 35.6 Å². The van der Waals surface area contributed by atoms with Gasteiger partial charge in [0.25, 0.3) is 0 Å². The molecule has 0 aromatic carbocycles. The quantitative estimate of drug-likeness (QED) is 0.549. The first kappa shape index (κ1) is 17.0. The minimum atomic E-state index is -1.27. The molecule has 2 atom stereocenters. The van der Waals surface area contributed by atoms with E-state index in [-0.39, 0.29) is 12.4 Å². The number of rotatable bonds is 4. The number of alkyl carbamates (subject to hydrolysis) is 1. The summed E-state index contributed by atoms with van der Waals surface area (Å²) in [6, 6.07) is 0. The molecule has 0 aliphatic rings. The molecule has 126 valence electrons. The predicted molar refractivity (Wildman–Crippen MR) is 83.5 cm³/mol. The van der Waals surface area contributed by atoms with E-state index in [2.05, 4.69) is 20.3 Å². The highest BCUT2D eigenvalue weighted by molar-refractivity contribution is 5.89. The summed E-state index contributed by atoms with van der Waals surface area (Å²) < 4.78 is 5.06. The van der Waals surface area contributed by atoms with E-state index >= 15 is 0 Å². The Morgan fingerprint density at radius 2 is 2.13 bits per heavy atom. The van der Waals surface area contributed by atoms with E-state index in [4.69, 9.17) is 10.5 Å². The van der Waals surface area contributed by atoms with Gasteiger partial charge in [0.05, 0.1) is 5.39 Å². The van der Waals surface area contributed by atoms with Crippen LogP contribution < -0.4 is 11.1 Å². The first-order valence-corrected chi connectivity index (χ1v) is 7.09. The number of nitrogens with two attached hydrogens (primary N) is 1. The van der Waals surface area contributed by atoms with Crippen molar-refractivity contribution in [2.45, 2.75) is 38.6 Å². The number of amides is 1. The number of fused-ring (bicyclic) bond motifs is 1. The molecule has 23 heavy (non-hydrogen) atoms. The van der Waals surface area contributed by atoms with Crippen LogP contribution in [0.2, 0.25) is 0 Å². The molecule has 0 saturated heterocycles. The van der Waals surface area contributed by atoms with E-state index in [1.807, 2.05) is 0 Å². The Bertz CT molecular complexity index is 694. The van der Waals surface area contributed by atoms with Gasteiger partial charge < -0.3 is 31.0 Å². The van der Waals surface area contributed by atoms with E-state index in [0.717, 1.165) is 0 Å². The molecular weight excluding hydrogens is 302 g/mol. The Morgan fingerprint density at radius 3 is 2.78 bits per heavy atom. The van der Waals surface area contributed by atoms with Crippen LogP contribution in [0, 0.1) is 0 Å². The number of H-pyrrole nitrogens is 1. The molecule has 2 heterocycles. The zero-order valence-corrected chi connectivity index (χ0v) is 13.2. The van der Waals surface area contributed by atoms with Gasteiger partial charge >= 0.3 is 6.09 Å². The molecular formula is C14H21N5O4. The van der Waals surface area contributed by atoms with E-state index in [1.165, 1.54) is 12.5 Å². The topological polar surface area (TPSA) is 146 Å². The highest BCUT2D eigenvalue weighted by Gasteiger charge is 2.24. The molecule has 6 N–H and O–H groups in total. The maximum Gasteiger partial charge on any atom is 0.407 e. The Kier molecular flexibility index (Phi) is 4.71. The van der Waals surface area contributed by atoms with Gasteiger partial charge in [-0.25, -0.2) is 14.8 Å². The van der Waals surface area contributed by atoms with Crippen molar-refractivity contribution < 1.29 is 19.7 Å². The molecule has 2 aromatic rings. The number of ether oxygens (including phenoxy) is 1. The zero-order valence-electron chi connectivity index (χ0n) is 13.2. The number of aliphatic hydroxyl groups excluding tert-OH is 2. The zero-order chi connectivity index (χ0) is 17.2. The van der Waals surface area contributed by atoms with E-state index in [1.54, 1.807) is 20.8 Å². The molecule has 0 aliphatic heterocycles. The summed E-state index contributed by atoms with van der Waals surface area (Å²) in [5.74, 6) is 0.192. The lowest BCUT2D eigenvalue weighted by Gasteiger charge is -2.22. The SMILES string of the molecule is CC(C)(C)OC(=O)NCC(O)C(O)c1c[nH]c2ncnc(N)c12. The summed E-state index contributed by atoms with van der Waals surface area (Å²) in [7, 11) is 0. The van der Waals surface area contributed by atoms with Crippen LogP contribution >= 0.6 is 0 Å². The summed E-state index contributed by atoms with van der Waals surface area (Å²) in [5.41, 5.74) is 5.95. The molecule has 9 nitrogen and oxygen atoms in total. The van der Waals surface area contributed by atoms with Crippen LogP contribution in [0.15, 0.2) is 12.5 Å². The molecule has 2 aromatic heterocycles. The van der Waals surface area contributed by atoms with Gasteiger partial charge in [0.15, 0.2) is 0 Å². The second-order valence-electron chi connectivity index (χ2n) is 6.12. The van der Waals surface area contributed by atoms with Gasteiger partial charge in [0, 0.05) is 18.3 Å². The lowest BCUT2D eigenvalue weighted by Crippen LogP contribution is -2.38. The maximum absolute atomic E-state index is 11.6. The predicted octanol–water partition coefficient (Wildman–Crippen LogP) is 0.459. The van der Waals surface area contributed by atoms with Crippen LogP contribution in [0.4, 0.5) is 10.6 Å². The second kappa shape index (κ2) is 6.39. The normalized spacial score (nSPS) is 14.5. The first-order valence-electron chi connectivity index (χ1n) is 7.09. The number of nitrogens with one attached hydrogen (secondary N) is 2. The van der Waals surface area contributed by atoms with Crippen LogP contribution in [-0.4, -0.2) is 49.5 Å². The van der Waals surface area contributed by atoms with E-state index in [9.17, 15) is 15.0 Å². The fraction of sp³-hybridized carbons (Fsp3) is 0.500.